The Morgan fingerprint density at radius 2 is 1.64 bits per heavy atom. The fraction of sp³-hybridized carbons (Fsp3) is 0.867. The molecule has 1 aromatic rings. The second kappa shape index (κ2) is 21.2. The third-order valence-electron chi connectivity index (χ3n) is 13.5. The Labute approximate surface area is 364 Å². The van der Waals surface area contributed by atoms with Crippen molar-refractivity contribution in [1.82, 2.24) is 14.8 Å². The summed E-state index contributed by atoms with van der Waals surface area (Å²) >= 11 is 0. The van der Waals surface area contributed by atoms with E-state index < -0.39 is 96.0 Å². The largest absolute Gasteiger partial charge is 0.478 e. The van der Waals surface area contributed by atoms with Crippen molar-refractivity contribution in [2.75, 3.05) is 41.4 Å². The number of cyclic esters (lactones) is 1. The van der Waals surface area contributed by atoms with Crippen LogP contribution in [0.5, 0.6) is 11.6 Å². The first kappa shape index (κ1) is 51.4. The molecule has 0 unspecified atom stereocenters. The quantitative estimate of drug-likeness (QED) is 0.235. The number of aromatic nitrogens is 1. The number of aliphatic hydroxyl groups excluding tert-OH is 2. The third-order valence-corrected chi connectivity index (χ3v) is 13.5. The minimum atomic E-state index is -1.82. The van der Waals surface area contributed by atoms with Crippen LogP contribution in [0, 0.1) is 17.8 Å². The normalized spacial score (nSPS) is 43.9. The summed E-state index contributed by atoms with van der Waals surface area (Å²) in [6.07, 6.45) is -6.32. The van der Waals surface area contributed by atoms with Crippen molar-refractivity contribution in [3.8, 4) is 11.6 Å². The van der Waals surface area contributed by atoms with Gasteiger partial charge in [0.2, 0.25) is 0 Å². The summed E-state index contributed by atoms with van der Waals surface area (Å²) in [7, 11) is 7.31. The van der Waals surface area contributed by atoms with Crippen LogP contribution in [0.25, 0.3) is 0 Å². The number of likely N-dealkylation sites (N-methyl/N-ethyl adjacent to an activating group) is 2. The topological polar surface area (TPSA) is 191 Å². The van der Waals surface area contributed by atoms with Crippen molar-refractivity contribution in [3.63, 3.8) is 0 Å². The number of pyridine rings is 1. The number of carbonyl (C=O) groups excluding carboxylic acids is 1. The number of aliphatic hydroxyl groups is 4. The fourth-order valence-electron chi connectivity index (χ4n) is 9.71. The molecule has 0 saturated carbocycles. The summed E-state index contributed by atoms with van der Waals surface area (Å²) in [4.78, 5) is 22.9. The van der Waals surface area contributed by atoms with E-state index in [0.717, 1.165) is 0 Å². The molecule has 16 heteroatoms. The van der Waals surface area contributed by atoms with Crippen molar-refractivity contribution in [3.05, 3.63) is 18.3 Å². The molecule has 4 N–H and O–H groups in total. The molecule has 3 aliphatic rings. The molecular weight excluding hydrogens is 791 g/mol. The van der Waals surface area contributed by atoms with Crippen molar-refractivity contribution in [2.24, 2.45) is 17.8 Å². The maximum absolute atomic E-state index is 14.5. The van der Waals surface area contributed by atoms with E-state index in [1.165, 1.54) is 14.0 Å². The lowest BCUT2D eigenvalue weighted by Gasteiger charge is -2.49. The molecule has 3 fully saturated rings. The van der Waals surface area contributed by atoms with E-state index in [1.807, 2.05) is 60.7 Å². The van der Waals surface area contributed by atoms with Crippen LogP contribution in [0.4, 0.5) is 0 Å². The van der Waals surface area contributed by atoms with Gasteiger partial charge in [0.25, 0.3) is 5.88 Å². The van der Waals surface area contributed by atoms with Gasteiger partial charge >= 0.3 is 5.97 Å². The molecule has 0 aliphatic carbocycles. The van der Waals surface area contributed by atoms with Crippen LogP contribution in [0.3, 0.4) is 0 Å². The standard InChI is InChI=1S/C45H79N3O13/c1-16-33-45(11,53)37(49)29(7)48(14)24-25(3)22-43(9,52)39(27(5)35(28(6)41(51)59-33)60-34-23-44(10,54-15)38(50)30(8)57-34)61-42-36(31(47(12)13)21-26(4)56-42)58-32-19-18-20-46-40(32)55-17-2/h18-20,25-31,33-39,42,49-50,52-53H,16-17,21-24H2,1-15H3/t25-,26-,27+,28-,29-,30+,31+,33-,34+,35+,36-,37-,38+,39-,42+,43-,44-,45-/m1/s1. The number of hydrogen-bond donors (Lipinski definition) is 4. The lowest BCUT2D eigenvalue weighted by atomic mass is 9.77. The second-order valence-corrected chi connectivity index (χ2v) is 19.0. The average Bonchev–Trinajstić information content (AvgIpc) is 3.19. The van der Waals surface area contributed by atoms with Crippen LogP contribution in [0.15, 0.2) is 18.3 Å². The summed E-state index contributed by atoms with van der Waals surface area (Å²) in [5.41, 5.74) is -4.45. The highest BCUT2D eigenvalue weighted by molar-refractivity contribution is 5.73. The highest BCUT2D eigenvalue weighted by atomic mass is 16.7. The van der Waals surface area contributed by atoms with Gasteiger partial charge in [0.1, 0.15) is 23.9 Å². The van der Waals surface area contributed by atoms with E-state index >= 15 is 0 Å². The van der Waals surface area contributed by atoms with Crippen LogP contribution in [-0.4, -0.2) is 173 Å². The molecule has 1 aromatic heterocycles. The molecule has 0 spiro atoms. The Hall–Kier alpha value is -2.22. The van der Waals surface area contributed by atoms with E-state index in [-0.39, 0.29) is 37.3 Å². The average molecular weight is 870 g/mol. The van der Waals surface area contributed by atoms with Gasteiger partial charge in [0.15, 0.2) is 24.4 Å². The molecule has 0 radical (unpaired) electrons. The zero-order chi connectivity index (χ0) is 45.8. The zero-order valence-corrected chi connectivity index (χ0v) is 39.4. The number of methoxy groups -OCH3 is 1. The smallest absolute Gasteiger partial charge is 0.311 e. The van der Waals surface area contributed by atoms with Crippen molar-refractivity contribution >= 4 is 5.97 Å². The van der Waals surface area contributed by atoms with Crippen LogP contribution in [-0.2, 0) is 33.2 Å². The van der Waals surface area contributed by atoms with Gasteiger partial charge in [-0.2, -0.15) is 0 Å². The summed E-state index contributed by atoms with van der Waals surface area (Å²) < 4.78 is 51.4. The lowest BCUT2D eigenvalue weighted by Crippen LogP contribution is -2.61. The lowest BCUT2D eigenvalue weighted by molar-refractivity contribution is -0.316. The Balaban J connectivity index is 1.89. The molecule has 16 nitrogen and oxygen atoms in total. The SMILES string of the molecule is CCOc1ncccc1O[C@H]1[C@H](O[C@@H]2[C@@H](C)[C@H](O[C@H]3C[C@@](C)(OC)[C@@H](O)[C@H](C)O3)[C@@H](C)C(=O)O[C@H](CC)[C@@](C)(O)[C@H](O)[C@@H](C)N(C)C[C@H](C)C[C@@]2(C)O)O[C@H](C)C[C@@H]1N(C)C. The van der Waals surface area contributed by atoms with E-state index in [4.69, 9.17) is 37.9 Å². The number of nitrogens with zero attached hydrogens (tertiary/aromatic N) is 3. The number of esters is 1. The molecule has 18 atom stereocenters. The van der Waals surface area contributed by atoms with E-state index in [9.17, 15) is 25.2 Å². The van der Waals surface area contributed by atoms with E-state index in [1.54, 1.807) is 52.9 Å². The van der Waals surface area contributed by atoms with Gasteiger partial charge in [-0.3, -0.25) is 4.79 Å². The van der Waals surface area contributed by atoms with Gasteiger partial charge in [0.05, 0.1) is 54.2 Å². The number of hydrogen-bond acceptors (Lipinski definition) is 16. The minimum Gasteiger partial charge on any atom is -0.478 e. The second-order valence-electron chi connectivity index (χ2n) is 19.0. The number of ether oxygens (including phenoxy) is 8. The highest BCUT2D eigenvalue weighted by Crippen LogP contribution is 2.41. The highest BCUT2D eigenvalue weighted by Gasteiger charge is 2.53. The Morgan fingerprint density at radius 3 is 2.25 bits per heavy atom. The van der Waals surface area contributed by atoms with Gasteiger partial charge in [-0.25, -0.2) is 4.98 Å². The molecule has 61 heavy (non-hydrogen) atoms. The fourth-order valence-corrected chi connectivity index (χ4v) is 9.71. The summed E-state index contributed by atoms with van der Waals surface area (Å²) in [5, 5.41) is 47.5. The molecule has 4 heterocycles. The summed E-state index contributed by atoms with van der Waals surface area (Å²) in [6, 6.07) is 2.79. The molecule has 352 valence electrons. The molecule has 4 rings (SSSR count). The van der Waals surface area contributed by atoms with Crippen LogP contribution >= 0.6 is 0 Å². The van der Waals surface area contributed by atoms with Gasteiger partial charge in [-0.15, -0.1) is 0 Å². The van der Waals surface area contributed by atoms with Crippen molar-refractivity contribution in [1.29, 1.82) is 0 Å². The van der Waals surface area contributed by atoms with Crippen molar-refractivity contribution < 1.29 is 63.1 Å². The van der Waals surface area contributed by atoms with E-state index in [0.29, 0.717) is 31.2 Å². The van der Waals surface area contributed by atoms with Gasteiger partial charge in [0, 0.05) is 38.2 Å². The minimum absolute atomic E-state index is 0.124. The molecule has 3 saturated heterocycles. The third kappa shape index (κ3) is 11.9. The number of carbonyl (C=O) groups is 1. The Kier molecular flexibility index (Phi) is 17.9. The molecular formula is C45H79N3O13. The Morgan fingerprint density at radius 1 is 0.967 bits per heavy atom. The molecule has 0 aromatic carbocycles. The number of rotatable bonds is 11. The Bertz CT molecular complexity index is 1540. The summed E-state index contributed by atoms with van der Waals surface area (Å²) in [6.45, 7) is 20.5. The van der Waals surface area contributed by atoms with Crippen LogP contribution < -0.4 is 9.47 Å². The predicted molar refractivity (Wildman–Crippen MR) is 228 cm³/mol. The van der Waals surface area contributed by atoms with Crippen LogP contribution in [0.2, 0.25) is 0 Å². The zero-order valence-electron chi connectivity index (χ0n) is 39.4. The van der Waals surface area contributed by atoms with Gasteiger partial charge < -0.3 is 68.1 Å². The predicted octanol–water partition coefficient (Wildman–Crippen LogP) is 3.78. The maximum atomic E-state index is 14.5. The monoisotopic (exact) mass is 870 g/mol. The first-order valence-corrected chi connectivity index (χ1v) is 22.2. The molecule has 0 bridgehead atoms. The molecule has 3 aliphatic heterocycles. The van der Waals surface area contributed by atoms with Gasteiger partial charge in [-0.05, 0) is 114 Å². The maximum Gasteiger partial charge on any atom is 0.311 e. The van der Waals surface area contributed by atoms with Crippen LogP contribution in [0.1, 0.15) is 102 Å². The first-order valence-electron chi connectivity index (χ1n) is 22.2. The van der Waals surface area contributed by atoms with E-state index in [2.05, 4.69) is 9.88 Å². The van der Waals surface area contributed by atoms with Crippen molar-refractivity contribution in [2.45, 2.75) is 192 Å². The van der Waals surface area contributed by atoms with Gasteiger partial charge in [-0.1, -0.05) is 20.8 Å². The first-order chi connectivity index (χ1) is 28.4. The summed E-state index contributed by atoms with van der Waals surface area (Å²) in [5.74, 6) is -1.91. The molecule has 0 amide bonds.